The minimum absolute atomic E-state index is 0. The first-order chi connectivity index (χ1) is 6.43. The second-order valence-electron chi connectivity index (χ2n) is 3.61. The van der Waals surface area contributed by atoms with E-state index in [1.165, 1.54) is 0 Å². The van der Waals surface area contributed by atoms with Crippen LogP contribution in [0.3, 0.4) is 0 Å². The van der Waals surface area contributed by atoms with Crippen LogP contribution in [-0.4, -0.2) is 29.6 Å². The summed E-state index contributed by atoms with van der Waals surface area (Å²) >= 11 is 0. The number of carboxylic acid groups (broad SMARTS) is 2. The molecule has 0 rings (SSSR count). The van der Waals surface area contributed by atoms with Gasteiger partial charge in [-0.3, -0.25) is 4.79 Å². The van der Waals surface area contributed by atoms with Crippen LogP contribution in [0.25, 0.3) is 0 Å². The maximum absolute atomic E-state index is 10.6. The van der Waals surface area contributed by atoms with Crippen molar-refractivity contribution in [2.75, 3.05) is 6.54 Å². The molecule has 0 heterocycles. The SMILES string of the molecule is CC(C)CN[C@@H](CCC(=O)O)C(=O)[O-].[Na+]. The summed E-state index contributed by atoms with van der Waals surface area (Å²) in [6.45, 7) is 4.42. The Balaban J connectivity index is 0. The Bertz CT molecular complexity index is 208. The predicted octanol–water partition coefficient (Wildman–Crippen LogP) is -3.78. The Morgan fingerprint density at radius 3 is 2.27 bits per heavy atom. The first-order valence-corrected chi connectivity index (χ1v) is 4.59. The van der Waals surface area contributed by atoms with Gasteiger partial charge in [-0.15, -0.1) is 0 Å². The minimum Gasteiger partial charge on any atom is -0.548 e. The molecule has 0 aliphatic rings. The third-order valence-electron chi connectivity index (χ3n) is 1.70. The van der Waals surface area contributed by atoms with E-state index in [0.717, 1.165) is 0 Å². The van der Waals surface area contributed by atoms with E-state index in [1.54, 1.807) is 0 Å². The normalized spacial score (nSPS) is 11.9. The van der Waals surface area contributed by atoms with E-state index < -0.39 is 18.0 Å². The summed E-state index contributed by atoms with van der Waals surface area (Å²) in [5, 5.41) is 21.7. The van der Waals surface area contributed by atoms with Crippen molar-refractivity contribution < 1.29 is 49.4 Å². The van der Waals surface area contributed by atoms with E-state index in [0.29, 0.717) is 12.5 Å². The summed E-state index contributed by atoms with van der Waals surface area (Å²) in [5.41, 5.74) is 0. The van der Waals surface area contributed by atoms with Crippen molar-refractivity contribution in [1.82, 2.24) is 5.32 Å². The number of aliphatic carboxylic acids is 2. The van der Waals surface area contributed by atoms with E-state index in [9.17, 15) is 14.7 Å². The first-order valence-electron chi connectivity index (χ1n) is 4.59. The quantitative estimate of drug-likeness (QED) is 0.434. The van der Waals surface area contributed by atoms with Crippen LogP contribution in [0.2, 0.25) is 0 Å². The Hall–Kier alpha value is -0.100. The van der Waals surface area contributed by atoms with Gasteiger partial charge in [-0.1, -0.05) is 13.8 Å². The fourth-order valence-electron chi connectivity index (χ4n) is 0.949. The van der Waals surface area contributed by atoms with Crippen molar-refractivity contribution in [3.63, 3.8) is 0 Å². The molecule has 82 valence electrons. The molecule has 6 heteroatoms. The summed E-state index contributed by atoms with van der Waals surface area (Å²) < 4.78 is 0. The molecule has 0 saturated heterocycles. The van der Waals surface area contributed by atoms with Crippen LogP contribution in [0.5, 0.6) is 0 Å². The van der Waals surface area contributed by atoms with Crippen molar-refractivity contribution in [2.24, 2.45) is 5.92 Å². The van der Waals surface area contributed by atoms with Crippen molar-refractivity contribution in [3.8, 4) is 0 Å². The van der Waals surface area contributed by atoms with E-state index in [2.05, 4.69) is 5.32 Å². The number of carboxylic acids is 2. The fraction of sp³-hybridized carbons (Fsp3) is 0.778. The number of hydrogen-bond donors (Lipinski definition) is 2. The summed E-state index contributed by atoms with van der Waals surface area (Å²) in [6.07, 6.45) is -0.103. The molecule has 5 nitrogen and oxygen atoms in total. The number of rotatable bonds is 7. The van der Waals surface area contributed by atoms with Crippen LogP contribution in [-0.2, 0) is 9.59 Å². The molecule has 0 radical (unpaired) electrons. The minimum atomic E-state index is -1.24. The number of hydrogen-bond acceptors (Lipinski definition) is 4. The van der Waals surface area contributed by atoms with Crippen LogP contribution >= 0.6 is 0 Å². The van der Waals surface area contributed by atoms with Crippen LogP contribution in [0.4, 0.5) is 0 Å². The van der Waals surface area contributed by atoms with Gasteiger partial charge in [0.1, 0.15) is 0 Å². The van der Waals surface area contributed by atoms with E-state index in [-0.39, 0.29) is 42.4 Å². The average Bonchev–Trinajstić information content (AvgIpc) is 2.02. The topological polar surface area (TPSA) is 89.5 Å². The molecule has 0 aliphatic heterocycles. The molecule has 0 aromatic rings. The van der Waals surface area contributed by atoms with Gasteiger partial charge in [-0.25, -0.2) is 0 Å². The summed E-state index contributed by atoms with van der Waals surface area (Å²) in [7, 11) is 0. The molecule has 0 unspecified atom stereocenters. The zero-order chi connectivity index (χ0) is 11.1. The molecule has 0 spiro atoms. The molecule has 0 aromatic heterocycles. The van der Waals surface area contributed by atoms with Gasteiger partial charge in [0, 0.05) is 12.5 Å². The molecule has 15 heavy (non-hydrogen) atoms. The average molecular weight is 225 g/mol. The summed E-state index contributed by atoms with van der Waals surface area (Å²) in [6, 6.07) is -0.867. The summed E-state index contributed by atoms with van der Waals surface area (Å²) in [5.74, 6) is -1.92. The Morgan fingerprint density at radius 1 is 1.40 bits per heavy atom. The van der Waals surface area contributed by atoms with E-state index in [1.807, 2.05) is 13.8 Å². The van der Waals surface area contributed by atoms with Gasteiger partial charge in [0.25, 0.3) is 0 Å². The molecule has 2 N–H and O–H groups in total. The molecule has 0 aromatic carbocycles. The third-order valence-corrected chi connectivity index (χ3v) is 1.70. The fourth-order valence-corrected chi connectivity index (χ4v) is 0.949. The number of carbonyl (C=O) groups excluding carboxylic acids is 1. The second-order valence-corrected chi connectivity index (χ2v) is 3.61. The first kappa shape index (κ1) is 17.3. The predicted molar refractivity (Wildman–Crippen MR) is 48.5 cm³/mol. The van der Waals surface area contributed by atoms with Gasteiger partial charge < -0.3 is 20.3 Å². The van der Waals surface area contributed by atoms with Gasteiger partial charge in [-0.2, -0.15) is 0 Å². The Morgan fingerprint density at radius 2 is 1.93 bits per heavy atom. The largest absolute Gasteiger partial charge is 1.00 e. The molecular weight excluding hydrogens is 209 g/mol. The van der Waals surface area contributed by atoms with E-state index >= 15 is 0 Å². The maximum Gasteiger partial charge on any atom is 1.00 e. The van der Waals surface area contributed by atoms with Gasteiger partial charge in [-0.05, 0) is 18.9 Å². The van der Waals surface area contributed by atoms with Crippen LogP contribution in [0.1, 0.15) is 26.7 Å². The zero-order valence-corrected chi connectivity index (χ0v) is 11.4. The third kappa shape index (κ3) is 10.2. The van der Waals surface area contributed by atoms with Crippen molar-refractivity contribution in [3.05, 3.63) is 0 Å². The molecule has 1 atom stereocenters. The van der Waals surface area contributed by atoms with Crippen LogP contribution in [0.15, 0.2) is 0 Å². The molecule has 0 fully saturated rings. The molecule has 0 amide bonds. The van der Waals surface area contributed by atoms with Gasteiger partial charge in [0.2, 0.25) is 0 Å². The monoisotopic (exact) mass is 225 g/mol. The Kier molecular flexibility index (Phi) is 10.6. The standard InChI is InChI=1S/C9H17NO4.Na/c1-6(2)5-10-7(9(13)14)3-4-8(11)12;/h6-7,10H,3-5H2,1-2H3,(H,11,12)(H,13,14);/q;+1/p-1/t7-;/m0./s1. The molecular formula is C9H16NNaO4. The van der Waals surface area contributed by atoms with Crippen LogP contribution in [0, 0.1) is 5.92 Å². The van der Waals surface area contributed by atoms with Crippen molar-refractivity contribution in [1.29, 1.82) is 0 Å². The van der Waals surface area contributed by atoms with Gasteiger partial charge in [0.15, 0.2) is 0 Å². The van der Waals surface area contributed by atoms with Crippen molar-refractivity contribution >= 4 is 11.9 Å². The van der Waals surface area contributed by atoms with Gasteiger partial charge in [0.05, 0.1) is 5.97 Å². The Labute approximate surface area is 112 Å². The number of nitrogens with one attached hydrogen (secondary N) is 1. The van der Waals surface area contributed by atoms with Gasteiger partial charge >= 0.3 is 35.5 Å². The van der Waals surface area contributed by atoms with Crippen molar-refractivity contribution in [2.45, 2.75) is 32.7 Å². The molecule has 0 bridgehead atoms. The summed E-state index contributed by atoms with van der Waals surface area (Å²) in [4.78, 5) is 20.8. The zero-order valence-electron chi connectivity index (χ0n) is 9.45. The van der Waals surface area contributed by atoms with E-state index in [4.69, 9.17) is 5.11 Å². The maximum atomic E-state index is 10.6. The van der Waals surface area contributed by atoms with Crippen LogP contribution < -0.4 is 40.0 Å². The number of carbonyl (C=O) groups is 2. The second kappa shape index (κ2) is 9.15. The smallest absolute Gasteiger partial charge is 0.548 e. The molecule has 0 saturated carbocycles. The molecule has 0 aliphatic carbocycles.